The maximum atomic E-state index is 14.0. The van der Waals surface area contributed by atoms with Gasteiger partial charge in [0.1, 0.15) is 5.82 Å². The van der Waals surface area contributed by atoms with Crippen molar-refractivity contribution in [3.8, 4) is 11.1 Å². The summed E-state index contributed by atoms with van der Waals surface area (Å²) < 4.78 is 16.0. The van der Waals surface area contributed by atoms with Crippen LogP contribution in [0.1, 0.15) is 27.0 Å². The Labute approximate surface area is 175 Å². The van der Waals surface area contributed by atoms with Gasteiger partial charge < -0.3 is 9.88 Å². The molecule has 0 atom stereocenters. The van der Waals surface area contributed by atoms with Crippen LogP contribution >= 0.6 is 0 Å². The van der Waals surface area contributed by atoms with Crippen molar-refractivity contribution >= 4 is 5.91 Å². The van der Waals surface area contributed by atoms with Crippen molar-refractivity contribution in [3.05, 3.63) is 114 Å². The van der Waals surface area contributed by atoms with Crippen LogP contribution in [0, 0.1) is 12.7 Å². The van der Waals surface area contributed by atoms with E-state index in [1.165, 1.54) is 11.6 Å². The highest BCUT2D eigenvalue weighted by molar-refractivity contribution is 5.94. The number of carbonyl (C=O) groups is 1. The van der Waals surface area contributed by atoms with Crippen LogP contribution in [0.4, 0.5) is 4.39 Å². The summed E-state index contributed by atoms with van der Waals surface area (Å²) in [5.41, 5.74) is 5.17. The molecular formula is C25H22FN3O. The molecule has 1 amide bonds. The lowest BCUT2D eigenvalue weighted by molar-refractivity contribution is 0.0947. The van der Waals surface area contributed by atoms with Crippen LogP contribution in [0.15, 0.2) is 85.5 Å². The molecule has 0 aliphatic heterocycles. The van der Waals surface area contributed by atoms with E-state index in [0.717, 1.165) is 28.8 Å². The lowest BCUT2D eigenvalue weighted by atomic mass is 9.98. The van der Waals surface area contributed by atoms with E-state index in [-0.39, 0.29) is 5.56 Å². The number of hydrogen-bond acceptors (Lipinski definition) is 2. The van der Waals surface area contributed by atoms with E-state index in [0.29, 0.717) is 6.54 Å². The summed E-state index contributed by atoms with van der Waals surface area (Å²) in [5, 5.41) is 2.85. The normalized spacial score (nSPS) is 10.7. The van der Waals surface area contributed by atoms with E-state index in [4.69, 9.17) is 0 Å². The molecule has 0 aliphatic carbocycles. The minimum atomic E-state index is -0.514. The molecular weight excluding hydrogens is 377 g/mol. The van der Waals surface area contributed by atoms with Crippen molar-refractivity contribution in [2.75, 3.05) is 0 Å². The fourth-order valence-electron chi connectivity index (χ4n) is 3.42. The van der Waals surface area contributed by atoms with Crippen LogP contribution in [-0.2, 0) is 13.1 Å². The van der Waals surface area contributed by atoms with Crippen molar-refractivity contribution < 1.29 is 9.18 Å². The Kier molecular flexibility index (Phi) is 5.70. The Morgan fingerprint density at radius 2 is 1.87 bits per heavy atom. The van der Waals surface area contributed by atoms with Crippen LogP contribution in [0.2, 0.25) is 0 Å². The molecule has 0 saturated heterocycles. The summed E-state index contributed by atoms with van der Waals surface area (Å²) in [6.07, 6.45) is 5.49. The third kappa shape index (κ3) is 4.46. The number of imidazole rings is 1. The minimum Gasteiger partial charge on any atom is -0.348 e. The highest BCUT2D eigenvalue weighted by atomic mass is 19.1. The second-order valence-electron chi connectivity index (χ2n) is 7.26. The molecule has 0 fully saturated rings. The van der Waals surface area contributed by atoms with Gasteiger partial charge in [0, 0.05) is 25.5 Å². The van der Waals surface area contributed by atoms with Crippen molar-refractivity contribution in [3.63, 3.8) is 0 Å². The molecule has 4 nitrogen and oxygen atoms in total. The smallest absolute Gasteiger partial charge is 0.254 e. The van der Waals surface area contributed by atoms with Gasteiger partial charge in [-0.1, -0.05) is 60.2 Å². The van der Waals surface area contributed by atoms with Gasteiger partial charge in [0.15, 0.2) is 0 Å². The number of nitrogens with one attached hydrogen (secondary N) is 1. The molecule has 3 aromatic carbocycles. The topological polar surface area (TPSA) is 46.9 Å². The number of carbonyl (C=O) groups excluding carboxylic acids is 1. The molecule has 0 bridgehead atoms. The Bertz CT molecular complexity index is 1150. The zero-order valence-electron chi connectivity index (χ0n) is 16.7. The van der Waals surface area contributed by atoms with Crippen LogP contribution < -0.4 is 5.32 Å². The van der Waals surface area contributed by atoms with Crippen LogP contribution in [0.3, 0.4) is 0 Å². The summed E-state index contributed by atoms with van der Waals surface area (Å²) in [4.78, 5) is 16.5. The third-order valence-corrected chi connectivity index (χ3v) is 5.01. The molecule has 0 spiro atoms. The van der Waals surface area contributed by atoms with Gasteiger partial charge in [-0.3, -0.25) is 4.79 Å². The molecule has 0 saturated carbocycles. The predicted octanol–water partition coefficient (Wildman–Crippen LogP) is 4.98. The fourth-order valence-corrected chi connectivity index (χ4v) is 3.42. The summed E-state index contributed by atoms with van der Waals surface area (Å²) in [6, 6.07) is 20.8. The highest BCUT2D eigenvalue weighted by Crippen LogP contribution is 2.24. The number of amides is 1. The van der Waals surface area contributed by atoms with Gasteiger partial charge >= 0.3 is 0 Å². The standard InChI is InChI=1S/C25H22FN3O/c1-18-6-11-24(26)23(14-18)25(30)28-15-21-4-2-3-5-22(21)20-9-7-19(8-10-20)16-29-13-12-27-17-29/h2-14,17H,15-16H2,1H3,(H,28,30). The van der Waals surface area contributed by atoms with Gasteiger partial charge in [0.05, 0.1) is 11.9 Å². The lowest BCUT2D eigenvalue weighted by Gasteiger charge is -2.12. The number of halogens is 1. The first-order valence-electron chi connectivity index (χ1n) is 9.77. The Morgan fingerprint density at radius 1 is 1.07 bits per heavy atom. The van der Waals surface area contributed by atoms with E-state index < -0.39 is 11.7 Å². The molecule has 0 radical (unpaired) electrons. The predicted molar refractivity (Wildman–Crippen MR) is 116 cm³/mol. The third-order valence-electron chi connectivity index (χ3n) is 5.01. The summed E-state index contributed by atoms with van der Waals surface area (Å²) in [5.74, 6) is -0.929. The molecule has 1 N–H and O–H groups in total. The maximum absolute atomic E-state index is 14.0. The van der Waals surface area contributed by atoms with E-state index in [1.807, 2.05) is 42.0 Å². The number of hydrogen-bond donors (Lipinski definition) is 1. The first-order valence-corrected chi connectivity index (χ1v) is 9.77. The number of nitrogens with zero attached hydrogens (tertiary/aromatic N) is 2. The number of aromatic nitrogens is 2. The molecule has 1 aromatic heterocycles. The molecule has 4 rings (SSSR count). The van der Waals surface area contributed by atoms with Crippen molar-refractivity contribution in [2.24, 2.45) is 0 Å². The van der Waals surface area contributed by atoms with Gasteiger partial charge in [-0.25, -0.2) is 9.37 Å². The Morgan fingerprint density at radius 3 is 2.63 bits per heavy atom. The van der Waals surface area contributed by atoms with E-state index in [9.17, 15) is 9.18 Å². The average molecular weight is 399 g/mol. The summed E-state index contributed by atoms with van der Waals surface area (Å²) in [7, 11) is 0. The number of aryl methyl sites for hydroxylation is 1. The fraction of sp³-hybridized carbons (Fsp3) is 0.120. The molecule has 0 unspecified atom stereocenters. The minimum absolute atomic E-state index is 0.0661. The molecule has 30 heavy (non-hydrogen) atoms. The molecule has 1 heterocycles. The first-order chi connectivity index (χ1) is 14.6. The van der Waals surface area contributed by atoms with Crippen LogP contribution in [0.25, 0.3) is 11.1 Å². The van der Waals surface area contributed by atoms with Gasteiger partial charge in [0.25, 0.3) is 5.91 Å². The molecule has 0 aliphatic rings. The largest absolute Gasteiger partial charge is 0.348 e. The average Bonchev–Trinajstić information content (AvgIpc) is 3.27. The van der Waals surface area contributed by atoms with Gasteiger partial charge in [-0.15, -0.1) is 0 Å². The maximum Gasteiger partial charge on any atom is 0.254 e. The molecule has 4 aromatic rings. The summed E-state index contributed by atoms with van der Waals surface area (Å²) in [6.45, 7) is 2.92. The quantitative estimate of drug-likeness (QED) is 0.497. The van der Waals surface area contributed by atoms with Gasteiger partial charge in [0.2, 0.25) is 0 Å². The van der Waals surface area contributed by atoms with E-state index in [2.05, 4.69) is 34.6 Å². The number of rotatable bonds is 6. The second-order valence-corrected chi connectivity index (χ2v) is 7.26. The van der Waals surface area contributed by atoms with Crippen LogP contribution in [0.5, 0.6) is 0 Å². The monoisotopic (exact) mass is 399 g/mol. The lowest BCUT2D eigenvalue weighted by Crippen LogP contribution is -2.24. The van der Waals surface area contributed by atoms with Crippen molar-refractivity contribution in [1.82, 2.24) is 14.9 Å². The summed E-state index contributed by atoms with van der Waals surface area (Å²) >= 11 is 0. The first kappa shape index (κ1) is 19.6. The zero-order chi connectivity index (χ0) is 20.9. The van der Waals surface area contributed by atoms with Gasteiger partial charge in [-0.05, 0) is 41.3 Å². The van der Waals surface area contributed by atoms with Gasteiger partial charge in [-0.2, -0.15) is 0 Å². The molecule has 5 heteroatoms. The highest BCUT2D eigenvalue weighted by Gasteiger charge is 2.13. The zero-order valence-corrected chi connectivity index (χ0v) is 16.7. The van der Waals surface area contributed by atoms with E-state index in [1.54, 1.807) is 24.7 Å². The second kappa shape index (κ2) is 8.74. The molecule has 150 valence electrons. The Balaban J connectivity index is 1.50. The SMILES string of the molecule is Cc1ccc(F)c(C(=O)NCc2ccccc2-c2ccc(Cn3ccnc3)cc2)c1. The van der Waals surface area contributed by atoms with E-state index >= 15 is 0 Å². The Hall–Kier alpha value is -3.73. The van der Waals surface area contributed by atoms with Crippen LogP contribution in [-0.4, -0.2) is 15.5 Å². The number of benzene rings is 3. The van der Waals surface area contributed by atoms with Crippen molar-refractivity contribution in [2.45, 2.75) is 20.0 Å². The van der Waals surface area contributed by atoms with Crippen molar-refractivity contribution in [1.29, 1.82) is 0 Å².